The van der Waals surface area contributed by atoms with Gasteiger partial charge in [-0.1, -0.05) is 40.2 Å². The molecule has 1 heterocycles. The highest BCUT2D eigenvalue weighted by molar-refractivity contribution is 9.10. The van der Waals surface area contributed by atoms with Crippen LogP contribution in [0.2, 0.25) is 0 Å². The molecule has 5 heteroatoms. The Morgan fingerprint density at radius 3 is 2.85 bits per heavy atom. The number of carbonyl (C=O) groups is 1. The summed E-state index contributed by atoms with van der Waals surface area (Å²) in [5, 5.41) is 2.89. The lowest BCUT2D eigenvalue weighted by molar-refractivity contribution is -0.118. The van der Waals surface area contributed by atoms with Gasteiger partial charge in [0.2, 0.25) is 5.91 Å². The van der Waals surface area contributed by atoms with Crippen LogP contribution in [0.5, 0.6) is 0 Å². The molecule has 0 aliphatic carbocycles. The van der Waals surface area contributed by atoms with Crippen LogP contribution in [0.4, 0.5) is 0 Å². The minimum absolute atomic E-state index is 0.0471. The van der Waals surface area contributed by atoms with E-state index in [4.69, 9.17) is 0 Å². The Balaban J connectivity index is 1.69. The largest absolute Gasteiger partial charge is 0.351 e. The summed E-state index contributed by atoms with van der Waals surface area (Å²) in [5.74, 6) is 1.33. The van der Waals surface area contributed by atoms with Crippen LogP contribution in [-0.2, 0) is 17.1 Å². The molecule has 1 N–H and O–H groups in total. The molecular formula is C15H15BrN2OS. The van der Waals surface area contributed by atoms with Crippen molar-refractivity contribution < 1.29 is 4.79 Å². The summed E-state index contributed by atoms with van der Waals surface area (Å²) in [7, 11) is 0. The minimum Gasteiger partial charge on any atom is -0.351 e. The van der Waals surface area contributed by atoms with Crippen LogP contribution in [0.15, 0.2) is 53.3 Å². The fourth-order valence-electron chi connectivity index (χ4n) is 1.62. The quantitative estimate of drug-likeness (QED) is 0.867. The zero-order valence-corrected chi connectivity index (χ0v) is 13.3. The molecule has 1 aromatic heterocycles. The zero-order valence-electron chi connectivity index (χ0n) is 10.9. The lowest BCUT2D eigenvalue weighted by Gasteiger charge is -2.06. The molecule has 0 fully saturated rings. The van der Waals surface area contributed by atoms with Crippen LogP contribution in [0.1, 0.15) is 11.1 Å². The summed E-state index contributed by atoms with van der Waals surface area (Å²) in [6.07, 6.45) is 3.48. The molecule has 0 saturated carbocycles. The number of thioether (sulfide) groups is 1. The minimum atomic E-state index is 0.0471. The third-order valence-corrected chi connectivity index (χ3v) is 4.42. The number of amides is 1. The normalized spacial score (nSPS) is 10.2. The van der Waals surface area contributed by atoms with Crippen LogP contribution in [0.25, 0.3) is 0 Å². The molecule has 3 nitrogen and oxygen atoms in total. The van der Waals surface area contributed by atoms with Crippen molar-refractivity contribution in [1.82, 2.24) is 10.3 Å². The molecule has 1 amide bonds. The third kappa shape index (κ3) is 4.98. The first-order valence-corrected chi connectivity index (χ1v) is 8.17. The van der Waals surface area contributed by atoms with E-state index < -0.39 is 0 Å². The number of aromatic nitrogens is 1. The van der Waals surface area contributed by atoms with Gasteiger partial charge >= 0.3 is 0 Å². The van der Waals surface area contributed by atoms with Gasteiger partial charge in [0.25, 0.3) is 0 Å². The lowest BCUT2D eigenvalue weighted by atomic mass is 10.2. The molecule has 0 saturated heterocycles. The van der Waals surface area contributed by atoms with E-state index in [-0.39, 0.29) is 5.91 Å². The molecule has 20 heavy (non-hydrogen) atoms. The molecule has 1 aromatic carbocycles. The standard InChI is InChI=1S/C15H15BrN2OS/c16-14-6-2-1-5-13(14)10-20-11-15(19)18-9-12-4-3-7-17-8-12/h1-8H,9-11H2,(H,18,19). The SMILES string of the molecule is O=C(CSCc1ccccc1Br)NCc1cccnc1. The van der Waals surface area contributed by atoms with Gasteiger partial charge in [0.15, 0.2) is 0 Å². The maximum atomic E-state index is 11.7. The van der Waals surface area contributed by atoms with Gasteiger partial charge in [0, 0.05) is 29.2 Å². The van der Waals surface area contributed by atoms with E-state index in [9.17, 15) is 4.79 Å². The number of benzene rings is 1. The van der Waals surface area contributed by atoms with E-state index in [1.54, 1.807) is 24.2 Å². The third-order valence-electron chi connectivity index (χ3n) is 2.66. The van der Waals surface area contributed by atoms with E-state index in [2.05, 4.69) is 32.3 Å². The summed E-state index contributed by atoms with van der Waals surface area (Å²) in [6, 6.07) is 11.9. The summed E-state index contributed by atoms with van der Waals surface area (Å²) in [6.45, 7) is 0.530. The van der Waals surface area contributed by atoms with Crippen molar-refractivity contribution in [2.45, 2.75) is 12.3 Å². The number of rotatable bonds is 6. The molecule has 0 bridgehead atoms. The maximum absolute atomic E-state index is 11.7. The fraction of sp³-hybridized carbons (Fsp3) is 0.200. The van der Waals surface area contributed by atoms with E-state index in [0.717, 1.165) is 15.8 Å². The molecule has 0 spiro atoms. The Morgan fingerprint density at radius 2 is 2.10 bits per heavy atom. The average Bonchev–Trinajstić information content (AvgIpc) is 2.48. The summed E-state index contributed by atoms with van der Waals surface area (Å²) >= 11 is 5.11. The molecule has 0 radical (unpaired) electrons. The summed E-state index contributed by atoms with van der Waals surface area (Å²) < 4.78 is 1.09. The van der Waals surface area contributed by atoms with E-state index in [1.165, 1.54) is 5.56 Å². The van der Waals surface area contributed by atoms with Gasteiger partial charge in [-0.15, -0.1) is 11.8 Å². The second-order valence-electron chi connectivity index (χ2n) is 4.22. The monoisotopic (exact) mass is 350 g/mol. The molecular weight excluding hydrogens is 336 g/mol. The molecule has 0 aliphatic rings. The van der Waals surface area contributed by atoms with Crippen molar-refractivity contribution in [3.05, 3.63) is 64.4 Å². The predicted molar refractivity (Wildman–Crippen MR) is 86.4 cm³/mol. The van der Waals surface area contributed by atoms with E-state index >= 15 is 0 Å². The van der Waals surface area contributed by atoms with Gasteiger partial charge < -0.3 is 5.32 Å². The molecule has 0 atom stereocenters. The van der Waals surface area contributed by atoms with Crippen molar-refractivity contribution in [2.24, 2.45) is 0 Å². The number of nitrogens with zero attached hydrogens (tertiary/aromatic N) is 1. The van der Waals surface area contributed by atoms with Crippen molar-refractivity contribution in [2.75, 3.05) is 5.75 Å². The predicted octanol–water partition coefficient (Wildman–Crippen LogP) is 3.39. The van der Waals surface area contributed by atoms with Gasteiger partial charge in [-0.3, -0.25) is 9.78 Å². The van der Waals surface area contributed by atoms with Crippen LogP contribution in [0.3, 0.4) is 0 Å². The van der Waals surface area contributed by atoms with Crippen molar-refractivity contribution >= 4 is 33.6 Å². The number of halogens is 1. The van der Waals surface area contributed by atoms with Crippen molar-refractivity contribution in [1.29, 1.82) is 0 Å². The highest BCUT2D eigenvalue weighted by Crippen LogP contribution is 2.21. The highest BCUT2D eigenvalue weighted by Gasteiger charge is 2.03. The number of pyridine rings is 1. The van der Waals surface area contributed by atoms with Crippen molar-refractivity contribution in [3.63, 3.8) is 0 Å². The van der Waals surface area contributed by atoms with Gasteiger partial charge in [-0.2, -0.15) is 0 Å². The number of hydrogen-bond donors (Lipinski definition) is 1. The first kappa shape index (κ1) is 15.1. The fourth-order valence-corrected chi connectivity index (χ4v) is 3.10. The molecule has 2 aromatic rings. The van der Waals surface area contributed by atoms with Crippen LogP contribution in [-0.4, -0.2) is 16.6 Å². The number of hydrogen-bond acceptors (Lipinski definition) is 3. The topological polar surface area (TPSA) is 42.0 Å². The molecule has 0 aliphatic heterocycles. The van der Waals surface area contributed by atoms with Gasteiger partial charge in [-0.05, 0) is 23.3 Å². The first-order chi connectivity index (χ1) is 9.75. The van der Waals surface area contributed by atoms with E-state index in [1.807, 2.05) is 30.3 Å². The highest BCUT2D eigenvalue weighted by atomic mass is 79.9. The van der Waals surface area contributed by atoms with Crippen LogP contribution in [0, 0.1) is 0 Å². The smallest absolute Gasteiger partial charge is 0.230 e. The molecule has 2 rings (SSSR count). The Labute approximate surface area is 131 Å². The van der Waals surface area contributed by atoms with Gasteiger partial charge in [-0.25, -0.2) is 0 Å². The summed E-state index contributed by atoms with van der Waals surface area (Å²) in [5.41, 5.74) is 2.22. The summed E-state index contributed by atoms with van der Waals surface area (Å²) in [4.78, 5) is 15.7. The zero-order chi connectivity index (χ0) is 14.2. The second-order valence-corrected chi connectivity index (χ2v) is 6.06. The number of nitrogens with one attached hydrogen (secondary N) is 1. The Morgan fingerprint density at radius 1 is 1.25 bits per heavy atom. The van der Waals surface area contributed by atoms with Gasteiger partial charge in [0.1, 0.15) is 0 Å². The lowest BCUT2D eigenvalue weighted by Crippen LogP contribution is -2.24. The average molecular weight is 351 g/mol. The Hall–Kier alpha value is -1.33. The molecule has 0 unspecified atom stereocenters. The maximum Gasteiger partial charge on any atom is 0.230 e. The number of carbonyl (C=O) groups excluding carboxylic acids is 1. The van der Waals surface area contributed by atoms with Gasteiger partial charge in [0.05, 0.1) is 5.75 Å². The Kier molecular flexibility index (Phi) is 6.08. The second kappa shape index (κ2) is 8.07. The Bertz CT molecular complexity index is 563. The van der Waals surface area contributed by atoms with Crippen LogP contribution < -0.4 is 5.32 Å². The van der Waals surface area contributed by atoms with E-state index in [0.29, 0.717) is 12.3 Å². The van der Waals surface area contributed by atoms with Crippen molar-refractivity contribution in [3.8, 4) is 0 Å². The molecule has 104 valence electrons. The van der Waals surface area contributed by atoms with Crippen LogP contribution >= 0.6 is 27.7 Å². The first-order valence-electron chi connectivity index (χ1n) is 6.22.